The average Bonchev–Trinajstić information content (AvgIpc) is 3.03. The number of hydrogen-bond acceptors (Lipinski definition) is 6. The van der Waals surface area contributed by atoms with Crippen LogP contribution in [0.2, 0.25) is 0 Å². The second-order valence-corrected chi connectivity index (χ2v) is 5.36. The van der Waals surface area contributed by atoms with Crippen LogP contribution in [0.25, 0.3) is 0 Å². The quantitative estimate of drug-likeness (QED) is 0.926. The lowest BCUT2D eigenvalue weighted by Crippen LogP contribution is -2.25. The Hall–Kier alpha value is -2.70. The van der Waals surface area contributed by atoms with Crippen LogP contribution in [0.1, 0.15) is 38.8 Å². The number of rotatable bonds is 4. The third-order valence-electron chi connectivity index (χ3n) is 3.23. The van der Waals surface area contributed by atoms with Gasteiger partial charge in [-0.25, -0.2) is 9.78 Å². The lowest BCUT2D eigenvalue weighted by Gasteiger charge is -2.16. The largest absolute Gasteiger partial charge is 0.447 e. The van der Waals surface area contributed by atoms with Gasteiger partial charge in [0.1, 0.15) is 12.4 Å². The van der Waals surface area contributed by atoms with E-state index < -0.39 is 0 Å². The molecule has 1 aliphatic rings. The summed E-state index contributed by atoms with van der Waals surface area (Å²) in [6.45, 7) is 7.16. The maximum atomic E-state index is 11.5. The average molecular weight is 329 g/mol. The van der Waals surface area contributed by atoms with E-state index in [0.717, 1.165) is 5.56 Å². The van der Waals surface area contributed by atoms with Crippen molar-refractivity contribution in [3.05, 3.63) is 42.4 Å². The summed E-state index contributed by atoms with van der Waals surface area (Å²) in [5.74, 6) is 1.01. The van der Waals surface area contributed by atoms with Gasteiger partial charge >= 0.3 is 6.09 Å². The zero-order valence-corrected chi connectivity index (χ0v) is 14.3. The van der Waals surface area contributed by atoms with Gasteiger partial charge in [0.15, 0.2) is 0 Å². The Morgan fingerprint density at radius 1 is 1.25 bits per heavy atom. The van der Waals surface area contributed by atoms with Gasteiger partial charge in [0.25, 0.3) is 0 Å². The predicted molar refractivity (Wildman–Crippen MR) is 93.0 cm³/mol. The van der Waals surface area contributed by atoms with Crippen molar-refractivity contribution >= 4 is 17.9 Å². The molecular formula is C17H23N5O2. The van der Waals surface area contributed by atoms with Gasteiger partial charge in [-0.05, 0) is 30.7 Å². The first-order valence-electron chi connectivity index (χ1n) is 8.09. The molecule has 2 aromatic heterocycles. The Balaban J connectivity index is 0.000000647. The van der Waals surface area contributed by atoms with Crippen LogP contribution in [0.4, 0.5) is 16.6 Å². The summed E-state index contributed by atoms with van der Waals surface area (Å²) < 4.78 is 4.91. The van der Waals surface area contributed by atoms with E-state index in [4.69, 9.17) is 4.74 Å². The third-order valence-corrected chi connectivity index (χ3v) is 3.23. The summed E-state index contributed by atoms with van der Waals surface area (Å²) in [4.78, 5) is 25.6. The van der Waals surface area contributed by atoms with Crippen LogP contribution in [-0.4, -0.2) is 34.2 Å². The van der Waals surface area contributed by atoms with Crippen molar-refractivity contribution in [2.24, 2.45) is 0 Å². The Labute approximate surface area is 142 Å². The number of pyridine rings is 1. The summed E-state index contributed by atoms with van der Waals surface area (Å²) in [5.41, 5.74) is 1.08. The summed E-state index contributed by atoms with van der Waals surface area (Å²) >= 11 is 0. The van der Waals surface area contributed by atoms with Gasteiger partial charge in [-0.3, -0.25) is 9.88 Å². The van der Waals surface area contributed by atoms with Crippen molar-refractivity contribution in [2.75, 3.05) is 23.4 Å². The molecule has 0 aromatic carbocycles. The summed E-state index contributed by atoms with van der Waals surface area (Å²) in [7, 11) is 0. The maximum absolute atomic E-state index is 11.5. The van der Waals surface area contributed by atoms with Gasteiger partial charge in [0.05, 0.1) is 12.6 Å². The highest BCUT2D eigenvalue weighted by atomic mass is 16.6. The van der Waals surface area contributed by atoms with Crippen LogP contribution in [0.15, 0.2) is 36.8 Å². The lowest BCUT2D eigenvalue weighted by atomic mass is 10.1. The second-order valence-electron chi connectivity index (χ2n) is 5.36. The van der Waals surface area contributed by atoms with Crippen LogP contribution in [0, 0.1) is 0 Å². The summed E-state index contributed by atoms with van der Waals surface area (Å²) in [6.07, 6.45) is 5.98. The van der Waals surface area contributed by atoms with Crippen LogP contribution in [-0.2, 0) is 4.74 Å². The molecule has 1 N–H and O–H groups in total. The SMILES string of the molecule is CC(Nc1nccc(N2CCOC2=O)n1)c1ccncc1.CCC. The summed E-state index contributed by atoms with van der Waals surface area (Å²) in [6, 6.07) is 5.59. The number of nitrogens with zero attached hydrogens (tertiary/aromatic N) is 4. The fourth-order valence-corrected chi connectivity index (χ4v) is 2.10. The van der Waals surface area contributed by atoms with Crippen LogP contribution in [0.3, 0.4) is 0 Å². The Bertz CT molecular complexity index is 650. The number of ether oxygens (including phenoxy) is 1. The van der Waals surface area contributed by atoms with Gasteiger partial charge in [-0.15, -0.1) is 0 Å². The van der Waals surface area contributed by atoms with E-state index in [-0.39, 0.29) is 12.1 Å². The molecule has 3 heterocycles. The number of carbonyl (C=O) groups is 1. The minimum atomic E-state index is -0.373. The molecule has 24 heavy (non-hydrogen) atoms. The van der Waals surface area contributed by atoms with E-state index in [1.165, 1.54) is 11.3 Å². The first-order chi connectivity index (χ1) is 11.7. The molecule has 7 nitrogen and oxygen atoms in total. The second kappa shape index (κ2) is 8.81. The molecule has 0 aliphatic carbocycles. The highest BCUT2D eigenvalue weighted by molar-refractivity contribution is 5.88. The highest BCUT2D eigenvalue weighted by Crippen LogP contribution is 2.19. The van der Waals surface area contributed by atoms with E-state index in [9.17, 15) is 4.79 Å². The molecule has 1 fully saturated rings. The van der Waals surface area contributed by atoms with Crippen LogP contribution < -0.4 is 10.2 Å². The molecule has 0 spiro atoms. The minimum Gasteiger partial charge on any atom is -0.447 e. The van der Waals surface area contributed by atoms with Crippen LogP contribution in [0.5, 0.6) is 0 Å². The third kappa shape index (κ3) is 4.65. The molecule has 1 amide bonds. The van der Waals surface area contributed by atoms with Crippen molar-refractivity contribution in [2.45, 2.75) is 33.2 Å². The van der Waals surface area contributed by atoms with Crippen molar-refractivity contribution < 1.29 is 9.53 Å². The van der Waals surface area contributed by atoms with Crippen molar-refractivity contribution in [3.8, 4) is 0 Å². The standard InChI is InChI=1S/C14H15N5O2.C3H8/c1-10(11-2-5-15-6-3-11)17-13-16-7-4-12(18-13)19-8-9-21-14(19)20;1-3-2/h2-7,10H,8-9H2,1H3,(H,16,17,18);3H2,1-2H3. The molecule has 1 unspecified atom stereocenters. The lowest BCUT2D eigenvalue weighted by molar-refractivity contribution is 0.181. The zero-order chi connectivity index (χ0) is 17.4. The van der Waals surface area contributed by atoms with E-state index in [1.54, 1.807) is 24.7 Å². The molecule has 7 heteroatoms. The number of amides is 1. The normalized spacial score (nSPS) is 14.5. The molecule has 1 atom stereocenters. The number of carbonyl (C=O) groups excluding carboxylic acids is 1. The molecule has 0 saturated carbocycles. The molecule has 0 radical (unpaired) electrons. The van der Waals surface area contributed by atoms with Gasteiger partial charge in [0.2, 0.25) is 5.95 Å². The smallest absolute Gasteiger partial charge is 0.415 e. The molecule has 2 aromatic rings. The fraction of sp³-hybridized carbons (Fsp3) is 0.412. The minimum absolute atomic E-state index is 0.0359. The van der Waals surface area contributed by atoms with E-state index in [1.807, 2.05) is 19.1 Å². The van der Waals surface area contributed by atoms with Crippen molar-refractivity contribution in [3.63, 3.8) is 0 Å². The van der Waals surface area contributed by atoms with E-state index >= 15 is 0 Å². The Morgan fingerprint density at radius 3 is 2.58 bits per heavy atom. The fourth-order valence-electron chi connectivity index (χ4n) is 2.10. The molecule has 1 saturated heterocycles. The van der Waals surface area contributed by atoms with Gasteiger partial charge < -0.3 is 10.1 Å². The van der Waals surface area contributed by atoms with Gasteiger partial charge in [0, 0.05) is 18.6 Å². The topological polar surface area (TPSA) is 80.2 Å². The summed E-state index contributed by atoms with van der Waals surface area (Å²) in [5, 5.41) is 3.21. The molecule has 3 rings (SSSR count). The predicted octanol–water partition coefficient (Wildman–Crippen LogP) is 3.42. The highest BCUT2D eigenvalue weighted by Gasteiger charge is 2.25. The number of anilines is 2. The van der Waals surface area contributed by atoms with E-state index in [0.29, 0.717) is 24.9 Å². The maximum Gasteiger partial charge on any atom is 0.415 e. The molecule has 1 aliphatic heterocycles. The first-order valence-corrected chi connectivity index (χ1v) is 8.09. The monoisotopic (exact) mass is 329 g/mol. The molecular weight excluding hydrogens is 306 g/mol. The molecule has 128 valence electrons. The van der Waals surface area contributed by atoms with Gasteiger partial charge in [-0.1, -0.05) is 20.3 Å². The Morgan fingerprint density at radius 2 is 1.96 bits per heavy atom. The number of hydrogen-bond donors (Lipinski definition) is 1. The van der Waals surface area contributed by atoms with Crippen molar-refractivity contribution in [1.29, 1.82) is 0 Å². The van der Waals surface area contributed by atoms with Gasteiger partial charge in [-0.2, -0.15) is 4.98 Å². The number of nitrogens with one attached hydrogen (secondary N) is 1. The van der Waals surface area contributed by atoms with E-state index in [2.05, 4.69) is 34.1 Å². The van der Waals surface area contributed by atoms with Crippen molar-refractivity contribution in [1.82, 2.24) is 15.0 Å². The first kappa shape index (κ1) is 17.7. The van der Waals surface area contributed by atoms with Crippen LogP contribution >= 0.6 is 0 Å². The number of cyclic esters (lactones) is 1. The Kier molecular flexibility index (Phi) is 6.48. The molecule has 0 bridgehead atoms. The zero-order valence-electron chi connectivity index (χ0n) is 14.3. The number of aromatic nitrogens is 3.